The number of thioether (sulfide) groups is 1. The summed E-state index contributed by atoms with van der Waals surface area (Å²) < 4.78 is 24.3. The molecule has 8 atom stereocenters. The summed E-state index contributed by atoms with van der Waals surface area (Å²) in [5.74, 6) is -3.66. The summed E-state index contributed by atoms with van der Waals surface area (Å²) in [5.41, 5.74) is 0. The molecule has 2 heterocycles. The highest BCUT2D eigenvalue weighted by Gasteiger charge is 2.50. The second-order valence-corrected chi connectivity index (χ2v) is 10.3. The summed E-state index contributed by atoms with van der Waals surface area (Å²) >= 11 is 1.45. The van der Waals surface area contributed by atoms with Crippen LogP contribution in [0.25, 0.3) is 0 Å². The molecule has 2 rings (SSSR count). The molecule has 0 amide bonds. The molecule has 2 aliphatic rings. The van der Waals surface area contributed by atoms with Gasteiger partial charge in [0.15, 0.2) is 0 Å². The quantitative estimate of drug-likeness (QED) is 0.206. The Hall–Kier alpha value is -0.960. The zero-order chi connectivity index (χ0) is 21.2. The molecular weight excluding hydrogens is 412 g/mol. The Kier molecular flexibility index (Phi) is 7.69. The number of hydrogen-bond donors (Lipinski definition) is 7. The van der Waals surface area contributed by atoms with E-state index < -0.39 is 46.3 Å². The van der Waals surface area contributed by atoms with Crippen LogP contribution in [0.2, 0.25) is 0 Å². The lowest BCUT2D eigenvalue weighted by atomic mass is 9.87. The first-order valence-electron chi connectivity index (χ1n) is 8.96. The summed E-state index contributed by atoms with van der Waals surface area (Å²) in [6.07, 6.45) is -0.510. The number of aliphatic hydroxyl groups excluding tert-OH is 1. The van der Waals surface area contributed by atoms with Gasteiger partial charge < -0.3 is 20.6 Å². The van der Waals surface area contributed by atoms with Gasteiger partial charge in [-0.1, -0.05) is 6.92 Å². The van der Waals surface area contributed by atoms with Crippen LogP contribution in [0, 0.1) is 11.8 Å². The molecule has 0 spiro atoms. The van der Waals surface area contributed by atoms with Gasteiger partial charge in [0.25, 0.3) is 10.2 Å². The lowest BCUT2D eigenvalue weighted by molar-refractivity contribution is -0.147. The fraction of sp³-hybridized carbons (Fsp3) is 0.867. The second kappa shape index (κ2) is 9.24. The van der Waals surface area contributed by atoms with Crippen LogP contribution >= 0.6 is 11.8 Å². The molecule has 2 aliphatic heterocycles. The number of aliphatic carboxylic acids is 2. The molecule has 2 saturated heterocycles. The number of aliphatic hydroxyl groups is 1. The molecule has 0 aromatic rings. The molecule has 0 aromatic heterocycles. The Balaban J connectivity index is 2.05. The molecule has 0 aromatic carbocycles. The first kappa shape index (κ1) is 23.3. The summed E-state index contributed by atoms with van der Waals surface area (Å²) in [7, 11) is -3.78. The smallest absolute Gasteiger partial charge is 0.321 e. The Bertz CT molecular complexity index is 690. The molecular formula is C15H28N4O7S2. The van der Waals surface area contributed by atoms with Crippen molar-refractivity contribution in [1.82, 2.24) is 15.4 Å². The predicted octanol–water partition coefficient (Wildman–Crippen LogP) is -2.25. The standard InChI is InChI=1S/C15H28N4O7S2/c1-6-11(10(7(2)20)14(21)22)19-12(15(23)24)13(6)27-9-3-8(17-5-9)4-18-28(16,25)26/h6-13,17-20H,3-5H2,1-2H3,(H,21,22)(H,23,24)(H2,16,25,26)/t6-,7-,8+,9+,10-,11-,12?,13+/m1/s1. The van der Waals surface area contributed by atoms with E-state index in [1.807, 2.05) is 0 Å². The first-order valence-corrected chi connectivity index (χ1v) is 11.5. The molecule has 0 bridgehead atoms. The van der Waals surface area contributed by atoms with Crippen LogP contribution in [-0.4, -0.2) is 83.5 Å². The summed E-state index contributed by atoms with van der Waals surface area (Å²) in [6, 6.07) is -1.73. The monoisotopic (exact) mass is 440 g/mol. The lowest BCUT2D eigenvalue weighted by Gasteiger charge is -2.27. The third kappa shape index (κ3) is 5.78. The normalized spacial score (nSPS) is 35.6. The maximum atomic E-state index is 11.7. The van der Waals surface area contributed by atoms with Crippen molar-refractivity contribution in [2.24, 2.45) is 17.0 Å². The van der Waals surface area contributed by atoms with Crippen LogP contribution in [-0.2, 0) is 19.8 Å². The highest BCUT2D eigenvalue weighted by molar-refractivity contribution is 8.00. The van der Waals surface area contributed by atoms with Crippen LogP contribution in [0.1, 0.15) is 20.3 Å². The van der Waals surface area contributed by atoms with E-state index in [1.54, 1.807) is 6.92 Å². The van der Waals surface area contributed by atoms with E-state index in [-0.39, 0.29) is 29.0 Å². The highest BCUT2D eigenvalue weighted by Crippen LogP contribution is 2.39. The van der Waals surface area contributed by atoms with Crippen LogP contribution in [0.5, 0.6) is 0 Å². The average molecular weight is 441 g/mol. The number of carbonyl (C=O) groups is 2. The van der Waals surface area contributed by atoms with E-state index in [4.69, 9.17) is 5.14 Å². The minimum atomic E-state index is -3.78. The van der Waals surface area contributed by atoms with Gasteiger partial charge in [-0.3, -0.25) is 14.9 Å². The number of nitrogens with two attached hydrogens (primary N) is 1. The van der Waals surface area contributed by atoms with Crippen molar-refractivity contribution in [1.29, 1.82) is 0 Å². The van der Waals surface area contributed by atoms with E-state index >= 15 is 0 Å². The minimum Gasteiger partial charge on any atom is -0.481 e. The third-order valence-corrected chi connectivity index (χ3v) is 7.63. The zero-order valence-electron chi connectivity index (χ0n) is 15.6. The minimum absolute atomic E-state index is 0.0388. The molecule has 13 heteroatoms. The largest absolute Gasteiger partial charge is 0.481 e. The fourth-order valence-corrected chi connectivity index (χ4v) is 6.13. The number of carboxylic acid groups (broad SMARTS) is 2. The summed E-state index contributed by atoms with van der Waals surface area (Å²) in [5, 5.41) is 39.5. The fourth-order valence-electron chi connectivity index (χ4n) is 3.95. The van der Waals surface area contributed by atoms with Gasteiger partial charge in [0.2, 0.25) is 0 Å². The van der Waals surface area contributed by atoms with Gasteiger partial charge in [-0.25, -0.2) is 9.86 Å². The van der Waals surface area contributed by atoms with Crippen LogP contribution in [0.4, 0.5) is 0 Å². The molecule has 11 nitrogen and oxygen atoms in total. The topological polar surface area (TPSA) is 191 Å². The van der Waals surface area contributed by atoms with Gasteiger partial charge >= 0.3 is 11.9 Å². The molecule has 2 fully saturated rings. The van der Waals surface area contributed by atoms with Crippen molar-refractivity contribution in [3.63, 3.8) is 0 Å². The van der Waals surface area contributed by atoms with Gasteiger partial charge in [-0.2, -0.15) is 20.2 Å². The van der Waals surface area contributed by atoms with Crippen molar-refractivity contribution in [2.75, 3.05) is 13.1 Å². The molecule has 0 saturated carbocycles. The Labute approximate surface area is 168 Å². The van der Waals surface area contributed by atoms with Crippen molar-refractivity contribution < 1.29 is 33.3 Å². The maximum absolute atomic E-state index is 11.7. The van der Waals surface area contributed by atoms with Gasteiger partial charge in [0, 0.05) is 35.7 Å². The van der Waals surface area contributed by atoms with Crippen LogP contribution < -0.4 is 20.5 Å². The van der Waals surface area contributed by atoms with Crippen molar-refractivity contribution >= 4 is 33.9 Å². The maximum Gasteiger partial charge on any atom is 0.321 e. The Morgan fingerprint density at radius 3 is 2.50 bits per heavy atom. The summed E-state index contributed by atoms with van der Waals surface area (Å²) in [6.45, 7) is 3.88. The van der Waals surface area contributed by atoms with Crippen molar-refractivity contribution in [2.45, 2.75) is 55.0 Å². The molecule has 28 heavy (non-hydrogen) atoms. The number of nitrogens with one attached hydrogen (secondary N) is 3. The van der Waals surface area contributed by atoms with E-state index in [9.17, 15) is 33.3 Å². The third-order valence-electron chi connectivity index (χ3n) is 5.31. The van der Waals surface area contributed by atoms with E-state index in [1.165, 1.54) is 18.7 Å². The predicted molar refractivity (Wildman–Crippen MR) is 103 cm³/mol. The SMILES string of the molecule is C[C@@H]1[C@H]([C@H](C(=O)O)[C@@H](C)O)NC(C(=O)O)[C@H]1S[C@@H]1CN[C@H](CNS(N)(=O)=O)C1. The summed E-state index contributed by atoms with van der Waals surface area (Å²) in [4.78, 5) is 23.3. The number of rotatable bonds is 9. The number of carboxylic acids is 2. The van der Waals surface area contributed by atoms with Gasteiger partial charge in [0.1, 0.15) is 6.04 Å². The van der Waals surface area contributed by atoms with Crippen LogP contribution in [0.15, 0.2) is 0 Å². The molecule has 0 radical (unpaired) electrons. The van der Waals surface area contributed by atoms with Gasteiger partial charge in [-0.15, -0.1) is 0 Å². The zero-order valence-corrected chi connectivity index (χ0v) is 17.2. The lowest BCUT2D eigenvalue weighted by Crippen LogP contribution is -2.47. The van der Waals surface area contributed by atoms with Gasteiger partial charge in [0.05, 0.1) is 12.0 Å². The van der Waals surface area contributed by atoms with Crippen LogP contribution in [0.3, 0.4) is 0 Å². The highest BCUT2D eigenvalue weighted by atomic mass is 32.2. The average Bonchev–Trinajstić information content (AvgIpc) is 3.11. The number of hydrogen-bond acceptors (Lipinski definition) is 8. The van der Waals surface area contributed by atoms with Gasteiger partial charge in [-0.05, 0) is 19.3 Å². The molecule has 8 N–H and O–H groups in total. The van der Waals surface area contributed by atoms with E-state index in [0.717, 1.165) is 0 Å². The molecule has 162 valence electrons. The second-order valence-electron chi connectivity index (χ2n) is 7.43. The molecule has 1 unspecified atom stereocenters. The Morgan fingerprint density at radius 2 is 2.00 bits per heavy atom. The van der Waals surface area contributed by atoms with E-state index in [2.05, 4.69) is 15.4 Å². The van der Waals surface area contributed by atoms with Crippen molar-refractivity contribution in [3.05, 3.63) is 0 Å². The van der Waals surface area contributed by atoms with E-state index in [0.29, 0.717) is 13.0 Å². The Morgan fingerprint density at radius 1 is 1.36 bits per heavy atom. The molecule has 0 aliphatic carbocycles. The van der Waals surface area contributed by atoms with Crippen molar-refractivity contribution in [3.8, 4) is 0 Å². The first-order chi connectivity index (χ1) is 12.9.